The molecule has 0 amide bonds. The van der Waals surface area contributed by atoms with Crippen molar-refractivity contribution < 1.29 is 14.3 Å². The first-order valence-electron chi connectivity index (χ1n) is 5.95. The molecule has 1 unspecified atom stereocenters. The lowest BCUT2D eigenvalue weighted by Gasteiger charge is -2.12. The van der Waals surface area contributed by atoms with E-state index in [0.29, 0.717) is 12.7 Å². The summed E-state index contributed by atoms with van der Waals surface area (Å²) in [5.74, 6) is 0.969. The van der Waals surface area contributed by atoms with E-state index in [1.54, 1.807) is 6.92 Å². The summed E-state index contributed by atoms with van der Waals surface area (Å²) < 4.78 is 10.8. The summed E-state index contributed by atoms with van der Waals surface area (Å²) in [6.45, 7) is 7.08. The van der Waals surface area contributed by atoms with Crippen molar-refractivity contribution in [3.05, 3.63) is 28.8 Å². The lowest BCUT2D eigenvalue weighted by Crippen LogP contribution is -2.05. The third-order valence-electron chi connectivity index (χ3n) is 3.22. The number of ketones is 1. The van der Waals surface area contributed by atoms with E-state index < -0.39 is 0 Å². The number of benzene rings is 1. The van der Waals surface area contributed by atoms with Crippen LogP contribution in [0.4, 0.5) is 0 Å². The monoisotopic (exact) mass is 234 g/mol. The number of carbonyl (C=O) groups is 1. The van der Waals surface area contributed by atoms with Gasteiger partial charge in [-0.2, -0.15) is 0 Å². The Hall–Kier alpha value is -1.35. The minimum Gasteiger partial charge on any atom is -0.493 e. The van der Waals surface area contributed by atoms with E-state index in [-0.39, 0.29) is 5.78 Å². The second-order valence-electron chi connectivity index (χ2n) is 4.51. The second-order valence-corrected chi connectivity index (χ2v) is 4.51. The SMILES string of the molecule is CC(=O)c1ccc(OCCC2CO2)c(C)c1C. The molecule has 1 saturated heterocycles. The standard InChI is InChI=1S/C14H18O3/c1-9-10(2)14(5-4-13(9)11(3)15)16-7-6-12-8-17-12/h4-5,12H,6-8H2,1-3H3. The maximum atomic E-state index is 11.4. The fourth-order valence-corrected chi connectivity index (χ4v) is 1.87. The molecule has 1 fully saturated rings. The van der Waals surface area contributed by atoms with Crippen LogP contribution in [0.25, 0.3) is 0 Å². The number of hydrogen-bond acceptors (Lipinski definition) is 3. The molecule has 0 bridgehead atoms. The first-order chi connectivity index (χ1) is 8.09. The lowest BCUT2D eigenvalue weighted by molar-refractivity contribution is 0.101. The Morgan fingerprint density at radius 1 is 1.41 bits per heavy atom. The van der Waals surface area contributed by atoms with Gasteiger partial charge >= 0.3 is 0 Å². The van der Waals surface area contributed by atoms with Gasteiger partial charge in [0.25, 0.3) is 0 Å². The van der Waals surface area contributed by atoms with Crippen molar-refractivity contribution >= 4 is 5.78 Å². The molecule has 0 spiro atoms. The summed E-state index contributed by atoms with van der Waals surface area (Å²) >= 11 is 0. The average Bonchev–Trinajstić information content (AvgIpc) is 3.08. The highest BCUT2D eigenvalue weighted by Crippen LogP contribution is 2.25. The van der Waals surface area contributed by atoms with Crippen molar-refractivity contribution in [3.63, 3.8) is 0 Å². The van der Waals surface area contributed by atoms with Gasteiger partial charge in [0.15, 0.2) is 5.78 Å². The molecule has 2 rings (SSSR count). The molecule has 3 nitrogen and oxygen atoms in total. The summed E-state index contributed by atoms with van der Waals surface area (Å²) in [6, 6.07) is 3.72. The van der Waals surface area contributed by atoms with Gasteiger partial charge in [0.05, 0.1) is 19.3 Å². The molecule has 92 valence electrons. The molecule has 0 aromatic heterocycles. The first kappa shape index (κ1) is 12.1. The smallest absolute Gasteiger partial charge is 0.160 e. The van der Waals surface area contributed by atoms with Gasteiger partial charge in [-0.15, -0.1) is 0 Å². The van der Waals surface area contributed by atoms with Crippen molar-refractivity contribution in [2.24, 2.45) is 0 Å². The molecule has 0 N–H and O–H groups in total. The van der Waals surface area contributed by atoms with Crippen molar-refractivity contribution in [1.82, 2.24) is 0 Å². The predicted octanol–water partition coefficient (Wildman–Crippen LogP) is 2.67. The van der Waals surface area contributed by atoms with Crippen LogP contribution in [0.15, 0.2) is 12.1 Å². The van der Waals surface area contributed by atoms with Crippen LogP contribution in [0.1, 0.15) is 34.8 Å². The zero-order valence-electron chi connectivity index (χ0n) is 10.6. The van der Waals surface area contributed by atoms with Crippen LogP contribution >= 0.6 is 0 Å². The molecular weight excluding hydrogens is 216 g/mol. The third-order valence-corrected chi connectivity index (χ3v) is 3.22. The van der Waals surface area contributed by atoms with Gasteiger partial charge in [0.2, 0.25) is 0 Å². The molecule has 3 heteroatoms. The van der Waals surface area contributed by atoms with Gasteiger partial charge in [-0.05, 0) is 44.0 Å². The number of epoxide rings is 1. The molecule has 17 heavy (non-hydrogen) atoms. The predicted molar refractivity (Wildman–Crippen MR) is 65.8 cm³/mol. The highest BCUT2D eigenvalue weighted by atomic mass is 16.6. The molecule has 1 heterocycles. The summed E-state index contributed by atoms with van der Waals surface area (Å²) in [6.07, 6.45) is 1.33. The van der Waals surface area contributed by atoms with E-state index in [1.807, 2.05) is 26.0 Å². The number of Topliss-reactive ketones (excluding diaryl/α,β-unsaturated/α-hetero) is 1. The van der Waals surface area contributed by atoms with Crippen LogP contribution in [0.5, 0.6) is 5.75 Å². The summed E-state index contributed by atoms with van der Waals surface area (Å²) in [4.78, 5) is 11.4. The third kappa shape index (κ3) is 2.86. The zero-order chi connectivity index (χ0) is 12.4. The van der Waals surface area contributed by atoms with Crippen LogP contribution in [0.3, 0.4) is 0 Å². The van der Waals surface area contributed by atoms with Crippen molar-refractivity contribution in [3.8, 4) is 5.75 Å². The Kier molecular flexibility index (Phi) is 3.48. The van der Waals surface area contributed by atoms with E-state index in [9.17, 15) is 4.79 Å². The second kappa shape index (κ2) is 4.88. The van der Waals surface area contributed by atoms with E-state index in [0.717, 1.165) is 35.5 Å². The summed E-state index contributed by atoms with van der Waals surface area (Å²) in [5.41, 5.74) is 2.84. The van der Waals surface area contributed by atoms with Crippen LogP contribution < -0.4 is 4.74 Å². The lowest BCUT2D eigenvalue weighted by atomic mass is 10.00. The quantitative estimate of drug-likeness (QED) is 0.580. The molecular formula is C14H18O3. The summed E-state index contributed by atoms with van der Waals surface area (Å²) in [5, 5.41) is 0. The topological polar surface area (TPSA) is 38.8 Å². The van der Waals surface area contributed by atoms with Crippen molar-refractivity contribution in [2.45, 2.75) is 33.3 Å². The highest BCUT2D eigenvalue weighted by Gasteiger charge is 2.22. The zero-order valence-corrected chi connectivity index (χ0v) is 10.6. The Labute approximate surface area is 102 Å². The Morgan fingerprint density at radius 2 is 2.12 bits per heavy atom. The fourth-order valence-electron chi connectivity index (χ4n) is 1.87. The fraction of sp³-hybridized carbons (Fsp3) is 0.500. The van der Waals surface area contributed by atoms with E-state index in [2.05, 4.69) is 0 Å². The molecule has 1 aliphatic heterocycles. The molecule has 0 radical (unpaired) electrons. The molecule has 0 saturated carbocycles. The van der Waals surface area contributed by atoms with Crippen molar-refractivity contribution in [2.75, 3.05) is 13.2 Å². The van der Waals surface area contributed by atoms with Gasteiger partial charge in [-0.3, -0.25) is 4.79 Å². The highest BCUT2D eigenvalue weighted by molar-refractivity contribution is 5.96. The minimum atomic E-state index is 0.100. The normalized spacial score (nSPS) is 17.9. The van der Waals surface area contributed by atoms with Crippen LogP contribution in [-0.2, 0) is 4.74 Å². The van der Waals surface area contributed by atoms with Crippen LogP contribution in [0.2, 0.25) is 0 Å². The minimum absolute atomic E-state index is 0.100. The number of hydrogen-bond donors (Lipinski definition) is 0. The van der Waals surface area contributed by atoms with Crippen LogP contribution in [0, 0.1) is 13.8 Å². The number of carbonyl (C=O) groups excluding carboxylic acids is 1. The maximum Gasteiger partial charge on any atom is 0.160 e. The largest absolute Gasteiger partial charge is 0.493 e. The van der Waals surface area contributed by atoms with Gasteiger partial charge < -0.3 is 9.47 Å². The molecule has 1 aliphatic rings. The average molecular weight is 234 g/mol. The Bertz CT molecular complexity index is 433. The molecule has 1 aromatic rings. The maximum absolute atomic E-state index is 11.4. The van der Waals surface area contributed by atoms with Crippen molar-refractivity contribution in [1.29, 1.82) is 0 Å². The Morgan fingerprint density at radius 3 is 2.71 bits per heavy atom. The van der Waals surface area contributed by atoms with Gasteiger partial charge in [0.1, 0.15) is 5.75 Å². The van der Waals surface area contributed by atoms with E-state index in [4.69, 9.17) is 9.47 Å². The van der Waals surface area contributed by atoms with Gasteiger partial charge in [0, 0.05) is 12.0 Å². The number of rotatable bonds is 5. The van der Waals surface area contributed by atoms with E-state index in [1.165, 1.54) is 0 Å². The Balaban J connectivity index is 2.06. The number of ether oxygens (including phenoxy) is 2. The van der Waals surface area contributed by atoms with Gasteiger partial charge in [-0.1, -0.05) is 0 Å². The van der Waals surface area contributed by atoms with E-state index >= 15 is 0 Å². The first-order valence-corrected chi connectivity index (χ1v) is 5.95. The molecule has 1 aromatic carbocycles. The summed E-state index contributed by atoms with van der Waals surface area (Å²) in [7, 11) is 0. The molecule has 0 aliphatic carbocycles. The van der Waals surface area contributed by atoms with Crippen LogP contribution in [-0.4, -0.2) is 25.1 Å². The molecule has 1 atom stereocenters. The van der Waals surface area contributed by atoms with Gasteiger partial charge in [-0.25, -0.2) is 0 Å².